The van der Waals surface area contributed by atoms with E-state index in [1.54, 1.807) is 0 Å². The van der Waals surface area contributed by atoms with Crippen LogP contribution in [0.15, 0.2) is 23.0 Å². The molecular formula is C24H32N6O. The monoisotopic (exact) mass is 420 g/mol. The third-order valence-corrected chi connectivity index (χ3v) is 7.38. The van der Waals surface area contributed by atoms with Gasteiger partial charge in [-0.1, -0.05) is 31.9 Å². The van der Waals surface area contributed by atoms with Gasteiger partial charge < -0.3 is 4.98 Å². The van der Waals surface area contributed by atoms with Crippen LogP contribution in [0.4, 0.5) is 0 Å². The summed E-state index contributed by atoms with van der Waals surface area (Å²) in [6.45, 7) is 8.36. The van der Waals surface area contributed by atoms with E-state index in [0.29, 0.717) is 12.0 Å². The standard InChI is InChI=1S/C24H32N6O/c1-15-10-12-29(13-11-15)22(23-26-27-28-30(23)18-6-4-5-7-18)20-14-19-16(2)8-9-17(3)21(19)25-24(20)31/h8-9,14-15,18,22H,4-7,10-13H2,1-3H3,(H,25,31). The molecule has 3 heterocycles. The van der Waals surface area contributed by atoms with E-state index in [1.807, 2.05) is 11.6 Å². The maximum Gasteiger partial charge on any atom is 0.253 e. The molecule has 7 nitrogen and oxygen atoms in total. The fraction of sp³-hybridized carbons (Fsp3) is 0.583. The van der Waals surface area contributed by atoms with Crippen molar-refractivity contribution < 1.29 is 0 Å². The van der Waals surface area contributed by atoms with Crippen LogP contribution in [0.5, 0.6) is 0 Å². The zero-order chi connectivity index (χ0) is 21.5. The molecule has 0 amide bonds. The van der Waals surface area contributed by atoms with Crippen LogP contribution in [0.25, 0.3) is 10.9 Å². The number of piperidine rings is 1. The average molecular weight is 421 g/mol. The topological polar surface area (TPSA) is 79.7 Å². The predicted octanol–water partition coefficient (Wildman–Crippen LogP) is 4.07. The summed E-state index contributed by atoms with van der Waals surface area (Å²) in [4.78, 5) is 19.0. The first-order chi connectivity index (χ1) is 15.0. The first-order valence-electron chi connectivity index (χ1n) is 11.7. The number of aryl methyl sites for hydroxylation is 2. The summed E-state index contributed by atoms with van der Waals surface area (Å²) in [6, 6.07) is 6.39. The number of fused-ring (bicyclic) bond motifs is 1. The highest BCUT2D eigenvalue weighted by molar-refractivity contribution is 5.85. The summed E-state index contributed by atoms with van der Waals surface area (Å²) in [5.74, 6) is 1.53. The molecule has 1 unspecified atom stereocenters. The number of hydrogen-bond acceptors (Lipinski definition) is 5. The third kappa shape index (κ3) is 3.69. The predicted molar refractivity (Wildman–Crippen MR) is 121 cm³/mol. The highest BCUT2D eigenvalue weighted by Gasteiger charge is 2.34. The van der Waals surface area contributed by atoms with E-state index >= 15 is 0 Å². The number of pyridine rings is 1. The smallest absolute Gasteiger partial charge is 0.253 e. The molecular weight excluding hydrogens is 388 g/mol. The highest BCUT2D eigenvalue weighted by Crippen LogP contribution is 2.35. The Morgan fingerprint density at radius 3 is 2.52 bits per heavy atom. The van der Waals surface area contributed by atoms with Crippen molar-refractivity contribution in [3.05, 3.63) is 51.1 Å². The first kappa shape index (κ1) is 20.4. The van der Waals surface area contributed by atoms with Gasteiger partial charge in [0.2, 0.25) is 0 Å². The molecule has 1 N–H and O–H groups in total. The number of nitrogens with one attached hydrogen (secondary N) is 1. The van der Waals surface area contributed by atoms with Gasteiger partial charge in [-0.3, -0.25) is 9.69 Å². The van der Waals surface area contributed by atoms with Crippen molar-refractivity contribution in [2.75, 3.05) is 13.1 Å². The van der Waals surface area contributed by atoms with Crippen molar-refractivity contribution >= 4 is 10.9 Å². The number of nitrogens with zero attached hydrogens (tertiary/aromatic N) is 5. The molecule has 1 saturated carbocycles. The van der Waals surface area contributed by atoms with Crippen LogP contribution in [0.1, 0.15) is 80.0 Å². The summed E-state index contributed by atoms with van der Waals surface area (Å²) < 4.78 is 2.02. The molecule has 1 aliphatic heterocycles. The fourth-order valence-electron chi connectivity index (χ4n) is 5.37. The minimum absolute atomic E-state index is 0.0363. The van der Waals surface area contributed by atoms with Crippen LogP contribution >= 0.6 is 0 Å². The summed E-state index contributed by atoms with van der Waals surface area (Å²) in [6.07, 6.45) is 6.90. The van der Waals surface area contributed by atoms with Crippen molar-refractivity contribution in [3.8, 4) is 0 Å². The van der Waals surface area contributed by atoms with Crippen molar-refractivity contribution in [2.24, 2.45) is 5.92 Å². The minimum atomic E-state index is -0.226. The first-order valence-corrected chi connectivity index (χ1v) is 11.7. The third-order valence-electron chi connectivity index (χ3n) is 7.38. The minimum Gasteiger partial charge on any atom is -0.321 e. The normalized spacial score (nSPS) is 20.0. The Bertz CT molecular complexity index is 1130. The Balaban J connectivity index is 1.67. The van der Waals surface area contributed by atoms with Crippen LogP contribution in [-0.4, -0.2) is 43.2 Å². The fourth-order valence-corrected chi connectivity index (χ4v) is 5.37. The van der Waals surface area contributed by atoms with Gasteiger partial charge >= 0.3 is 0 Å². The molecule has 2 aliphatic rings. The Morgan fingerprint density at radius 2 is 1.77 bits per heavy atom. The molecule has 5 rings (SSSR count). The second-order valence-electron chi connectivity index (χ2n) is 9.58. The molecule has 1 aliphatic carbocycles. The maximum absolute atomic E-state index is 13.4. The molecule has 1 aromatic carbocycles. The van der Waals surface area contributed by atoms with Gasteiger partial charge in [0.15, 0.2) is 5.82 Å². The Labute approximate surface area is 182 Å². The lowest BCUT2D eigenvalue weighted by Crippen LogP contribution is -2.40. The van der Waals surface area contributed by atoms with E-state index in [-0.39, 0.29) is 11.6 Å². The zero-order valence-corrected chi connectivity index (χ0v) is 18.8. The van der Waals surface area contributed by atoms with Gasteiger partial charge in [-0.05, 0) is 86.2 Å². The molecule has 7 heteroatoms. The summed E-state index contributed by atoms with van der Waals surface area (Å²) >= 11 is 0. The number of likely N-dealkylation sites (tertiary alicyclic amines) is 1. The highest BCUT2D eigenvalue weighted by atomic mass is 16.1. The lowest BCUT2D eigenvalue weighted by Gasteiger charge is -2.36. The molecule has 31 heavy (non-hydrogen) atoms. The van der Waals surface area contributed by atoms with Crippen LogP contribution in [0.3, 0.4) is 0 Å². The number of H-pyrrole nitrogens is 1. The van der Waals surface area contributed by atoms with Gasteiger partial charge in [-0.25, -0.2) is 4.68 Å². The molecule has 1 saturated heterocycles. The van der Waals surface area contributed by atoms with Gasteiger partial charge in [-0.2, -0.15) is 0 Å². The number of rotatable bonds is 4. The molecule has 0 spiro atoms. The van der Waals surface area contributed by atoms with Gasteiger partial charge in [0.25, 0.3) is 5.56 Å². The lowest BCUT2D eigenvalue weighted by molar-refractivity contribution is 0.147. The van der Waals surface area contributed by atoms with Crippen LogP contribution in [0, 0.1) is 19.8 Å². The van der Waals surface area contributed by atoms with Crippen molar-refractivity contribution in [1.82, 2.24) is 30.1 Å². The summed E-state index contributed by atoms with van der Waals surface area (Å²) in [5.41, 5.74) is 3.90. The quantitative estimate of drug-likeness (QED) is 0.688. The van der Waals surface area contributed by atoms with Gasteiger partial charge in [0, 0.05) is 10.9 Å². The van der Waals surface area contributed by atoms with E-state index in [4.69, 9.17) is 0 Å². The van der Waals surface area contributed by atoms with Crippen molar-refractivity contribution in [1.29, 1.82) is 0 Å². The van der Waals surface area contributed by atoms with Crippen molar-refractivity contribution in [2.45, 2.75) is 71.4 Å². The molecule has 2 aromatic heterocycles. The zero-order valence-electron chi connectivity index (χ0n) is 18.8. The van der Waals surface area contributed by atoms with Gasteiger partial charge in [0.05, 0.1) is 11.6 Å². The molecule has 0 radical (unpaired) electrons. The van der Waals surface area contributed by atoms with E-state index in [9.17, 15) is 4.79 Å². The maximum atomic E-state index is 13.4. The number of aromatic nitrogens is 5. The second kappa shape index (κ2) is 8.19. The van der Waals surface area contributed by atoms with Crippen LogP contribution in [-0.2, 0) is 0 Å². The summed E-state index contributed by atoms with van der Waals surface area (Å²) in [5, 5.41) is 14.1. The summed E-state index contributed by atoms with van der Waals surface area (Å²) in [7, 11) is 0. The molecule has 164 valence electrons. The number of hydrogen-bond donors (Lipinski definition) is 1. The van der Waals surface area contributed by atoms with Gasteiger partial charge in [-0.15, -0.1) is 5.10 Å². The average Bonchev–Trinajstić information content (AvgIpc) is 3.45. The number of aromatic amines is 1. The molecule has 2 fully saturated rings. The van der Waals surface area contributed by atoms with Crippen molar-refractivity contribution in [3.63, 3.8) is 0 Å². The van der Waals surface area contributed by atoms with E-state index in [2.05, 4.69) is 57.5 Å². The Hall–Kier alpha value is -2.54. The van der Waals surface area contributed by atoms with E-state index in [0.717, 1.165) is 66.6 Å². The largest absolute Gasteiger partial charge is 0.321 e. The number of tetrazole rings is 1. The Morgan fingerprint density at radius 1 is 1.06 bits per heavy atom. The van der Waals surface area contributed by atoms with E-state index < -0.39 is 0 Å². The van der Waals surface area contributed by atoms with E-state index in [1.165, 1.54) is 18.4 Å². The molecule has 0 bridgehead atoms. The second-order valence-corrected chi connectivity index (χ2v) is 9.58. The lowest BCUT2D eigenvalue weighted by atomic mass is 9.94. The van der Waals surface area contributed by atoms with Crippen LogP contribution < -0.4 is 5.56 Å². The van der Waals surface area contributed by atoms with Gasteiger partial charge in [0.1, 0.15) is 6.04 Å². The molecule has 1 atom stereocenters. The molecule has 3 aromatic rings. The Kier molecular flexibility index (Phi) is 5.38. The SMILES string of the molecule is Cc1ccc(C)c2[nH]c(=O)c(C(c3nnnn3C3CCCC3)N3CCC(C)CC3)cc12. The van der Waals surface area contributed by atoms with Crippen LogP contribution in [0.2, 0.25) is 0 Å². The number of benzene rings is 1.